The van der Waals surface area contributed by atoms with Crippen LogP contribution in [-0.2, 0) is 0 Å². The highest BCUT2D eigenvalue weighted by molar-refractivity contribution is 5.88. The lowest BCUT2D eigenvalue weighted by atomic mass is 9.97. The first-order chi connectivity index (χ1) is 33.7. The van der Waals surface area contributed by atoms with Gasteiger partial charge in [0.15, 0.2) is 0 Å². The summed E-state index contributed by atoms with van der Waals surface area (Å²) in [6.07, 6.45) is 0. The summed E-state index contributed by atoms with van der Waals surface area (Å²) in [4.78, 5) is 15.6. The van der Waals surface area contributed by atoms with Gasteiger partial charge in [0.2, 0.25) is 0 Å². The minimum absolute atomic E-state index is 0.832. The second-order valence-electron chi connectivity index (χ2n) is 16.6. The Bertz CT molecular complexity index is 3050. The number of rotatable bonds is 12. The van der Waals surface area contributed by atoms with E-state index in [1.165, 1.54) is 0 Å². The fraction of sp³-hybridized carbons (Fsp3) is 0. The lowest BCUT2D eigenvalue weighted by Gasteiger charge is -2.25. The lowest BCUT2D eigenvalue weighted by molar-refractivity contribution is 1.21. The molecule has 0 radical (unpaired) electrons. The standard InChI is InChI=1S/C64H46N4/c1-7-19-51(20-8-1)61-63(53-35-31-47(32-36-53)49-39-43-59(44-40-49)67(55-23-11-3-12-24-55)56-25-13-4-14-26-56)66-62(52-21-9-2-10-22-52)64(65-61)54-37-33-48(34-38-54)50-41-45-60(46-42-50)68(57-27-15-5-16-28-57)58-29-17-6-18-30-58/h1-46H. The molecule has 1 heterocycles. The topological polar surface area (TPSA) is 32.3 Å². The maximum absolute atomic E-state index is 5.54. The van der Waals surface area contributed by atoms with Crippen molar-refractivity contribution in [1.29, 1.82) is 0 Å². The van der Waals surface area contributed by atoms with E-state index in [0.717, 1.165) is 101 Å². The molecule has 0 bridgehead atoms. The molecule has 0 aliphatic heterocycles. The van der Waals surface area contributed by atoms with E-state index in [0.29, 0.717) is 0 Å². The van der Waals surface area contributed by atoms with Crippen LogP contribution in [-0.4, -0.2) is 9.97 Å². The van der Waals surface area contributed by atoms with Crippen LogP contribution in [0.5, 0.6) is 0 Å². The number of anilines is 6. The molecule has 0 fully saturated rings. The summed E-state index contributed by atoms with van der Waals surface area (Å²) in [5, 5.41) is 0. The van der Waals surface area contributed by atoms with Crippen LogP contribution in [0.3, 0.4) is 0 Å². The van der Waals surface area contributed by atoms with Crippen molar-refractivity contribution in [3.63, 3.8) is 0 Å². The van der Waals surface area contributed by atoms with Gasteiger partial charge in [0.25, 0.3) is 0 Å². The summed E-state index contributed by atoms with van der Waals surface area (Å²) >= 11 is 0. The quantitative estimate of drug-likeness (QED) is 0.122. The molecule has 4 heteroatoms. The number of nitrogens with zero attached hydrogens (tertiary/aromatic N) is 4. The SMILES string of the molecule is c1ccc(-c2nc(-c3ccc(-c4ccc(N(c5ccccc5)c5ccccc5)cc4)cc3)c(-c3ccccc3)nc2-c2ccc(-c3ccc(N(c4ccccc4)c4ccccc4)cc3)cc2)cc1. The van der Waals surface area contributed by atoms with Crippen molar-refractivity contribution in [1.82, 2.24) is 9.97 Å². The van der Waals surface area contributed by atoms with E-state index in [9.17, 15) is 0 Å². The maximum atomic E-state index is 5.54. The Morgan fingerprint density at radius 1 is 0.162 bits per heavy atom. The van der Waals surface area contributed by atoms with Gasteiger partial charge in [0.05, 0.1) is 22.8 Å². The van der Waals surface area contributed by atoms with Crippen LogP contribution >= 0.6 is 0 Å². The smallest absolute Gasteiger partial charge is 0.0973 e. The van der Waals surface area contributed by atoms with Crippen molar-refractivity contribution in [2.75, 3.05) is 9.80 Å². The van der Waals surface area contributed by atoms with E-state index in [1.54, 1.807) is 0 Å². The van der Waals surface area contributed by atoms with Crippen LogP contribution in [0.1, 0.15) is 0 Å². The summed E-state index contributed by atoms with van der Waals surface area (Å²) in [5.41, 5.74) is 18.5. The second-order valence-corrected chi connectivity index (χ2v) is 16.6. The normalized spacial score (nSPS) is 10.9. The molecule has 0 N–H and O–H groups in total. The molecule has 0 saturated carbocycles. The molecule has 11 aromatic rings. The first-order valence-electron chi connectivity index (χ1n) is 23.0. The molecule has 0 atom stereocenters. The lowest BCUT2D eigenvalue weighted by Crippen LogP contribution is -2.09. The molecule has 0 aliphatic rings. The van der Waals surface area contributed by atoms with E-state index in [1.807, 2.05) is 12.1 Å². The zero-order chi connectivity index (χ0) is 45.5. The van der Waals surface area contributed by atoms with Crippen molar-refractivity contribution in [2.24, 2.45) is 0 Å². The Labute approximate surface area is 398 Å². The summed E-state index contributed by atoms with van der Waals surface area (Å²) in [7, 11) is 0. The predicted molar refractivity (Wildman–Crippen MR) is 284 cm³/mol. The average Bonchev–Trinajstić information content (AvgIpc) is 3.43. The Morgan fingerprint density at radius 3 is 0.588 bits per heavy atom. The first kappa shape index (κ1) is 41.6. The fourth-order valence-electron chi connectivity index (χ4n) is 8.88. The van der Waals surface area contributed by atoms with Gasteiger partial charge in [0, 0.05) is 56.4 Å². The van der Waals surface area contributed by atoms with E-state index in [2.05, 4.69) is 277 Å². The van der Waals surface area contributed by atoms with Crippen molar-refractivity contribution in [3.8, 4) is 67.3 Å². The Hall–Kier alpha value is -9.12. The van der Waals surface area contributed by atoms with Gasteiger partial charge in [0.1, 0.15) is 0 Å². The fourth-order valence-corrected chi connectivity index (χ4v) is 8.88. The molecular formula is C64H46N4. The highest BCUT2D eigenvalue weighted by Crippen LogP contribution is 2.40. The van der Waals surface area contributed by atoms with Crippen molar-refractivity contribution < 1.29 is 0 Å². The van der Waals surface area contributed by atoms with Gasteiger partial charge in [-0.25, -0.2) is 9.97 Å². The largest absolute Gasteiger partial charge is 0.311 e. The highest BCUT2D eigenvalue weighted by Gasteiger charge is 2.20. The number of aromatic nitrogens is 2. The number of para-hydroxylation sites is 4. The van der Waals surface area contributed by atoms with Crippen molar-refractivity contribution >= 4 is 34.1 Å². The third-order valence-electron chi connectivity index (χ3n) is 12.3. The second kappa shape index (κ2) is 19.2. The van der Waals surface area contributed by atoms with Crippen LogP contribution in [0.4, 0.5) is 34.1 Å². The molecule has 1 aromatic heterocycles. The molecular weight excluding hydrogens is 825 g/mol. The van der Waals surface area contributed by atoms with Gasteiger partial charge in [-0.15, -0.1) is 0 Å². The molecule has 0 amide bonds. The summed E-state index contributed by atoms with van der Waals surface area (Å²) in [6.45, 7) is 0. The molecule has 0 saturated heterocycles. The Morgan fingerprint density at radius 2 is 0.338 bits per heavy atom. The zero-order valence-corrected chi connectivity index (χ0v) is 37.3. The average molecular weight is 871 g/mol. The van der Waals surface area contributed by atoms with Gasteiger partial charge in [-0.3, -0.25) is 0 Å². The summed E-state index contributed by atoms with van der Waals surface area (Å²) < 4.78 is 0. The monoisotopic (exact) mass is 870 g/mol. The summed E-state index contributed by atoms with van der Waals surface area (Å²) in [5.74, 6) is 0. The summed E-state index contributed by atoms with van der Waals surface area (Å²) in [6, 6.07) is 97.9. The highest BCUT2D eigenvalue weighted by atomic mass is 15.1. The van der Waals surface area contributed by atoms with Gasteiger partial charge in [-0.2, -0.15) is 0 Å². The van der Waals surface area contributed by atoms with Crippen LogP contribution in [0.2, 0.25) is 0 Å². The molecule has 10 aromatic carbocycles. The molecule has 68 heavy (non-hydrogen) atoms. The third-order valence-corrected chi connectivity index (χ3v) is 12.3. The van der Waals surface area contributed by atoms with Crippen molar-refractivity contribution in [2.45, 2.75) is 0 Å². The van der Waals surface area contributed by atoms with Crippen LogP contribution in [0, 0.1) is 0 Å². The first-order valence-corrected chi connectivity index (χ1v) is 23.0. The number of benzene rings is 10. The molecule has 0 aliphatic carbocycles. The molecule has 4 nitrogen and oxygen atoms in total. The van der Waals surface area contributed by atoms with Gasteiger partial charge >= 0.3 is 0 Å². The van der Waals surface area contributed by atoms with E-state index < -0.39 is 0 Å². The van der Waals surface area contributed by atoms with E-state index >= 15 is 0 Å². The minimum atomic E-state index is 0.832. The maximum Gasteiger partial charge on any atom is 0.0973 e. The number of hydrogen-bond donors (Lipinski definition) is 0. The number of hydrogen-bond acceptors (Lipinski definition) is 4. The van der Waals surface area contributed by atoms with E-state index in [4.69, 9.17) is 9.97 Å². The molecule has 0 spiro atoms. The van der Waals surface area contributed by atoms with Crippen LogP contribution in [0.15, 0.2) is 279 Å². The van der Waals surface area contributed by atoms with Crippen LogP contribution < -0.4 is 9.80 Å². The third kappa shape index (κ3) is 8.70. The molecule has 11 rings (SSSR count). The minimum Gasteiger partial charge on any atom is -0.311 e. The predicted octanol–water partition coefficient (Wildman–Crippen LogP) is 17.4. The van der Waals surface area contributed by atoms with E-state index in [-0.39, 0.29) is 0 Å². The molecule has 322 valence electrons. The zero-order valence-electron chi connectivity index (χ0n) is 37.3. The van der Waals surface area contributed by atoms with Crippen LogP contribution in [0.25, 0.3) is 67.3 Å². The van der Waals surface area contributed by atoms with Gasteiger partial charge in [-0.05, 0) is 95.1 Å². The van der Waals surface area contributed by atoms with Gasteiger partial charge in [-0.1, -0.05) is 206 Å². The Kier molecular flexibility index (Phi) is 11.7. The molecule has 0 unspecified atom stereocenters. The Balaban J connectivity index is 0.929. The van der Waals surface area contributed by atoms with Gasteiger partial charge < -0.3 is 9.80 Å². The van der Waals surface area contributed by atoms with Crippen molar-refractivity contribution in [3.05, 3.63) is 279 Å².